The van der Waals surface area contributed by atoms with Gasteiger partial charge in [-0.2, -0.15) is 0 Å². The minimum absolute atomic E-state index is 0.408. The molecule has 0 radical (unpaired) electrons. The number of fused-ring (bicyclic) bond motifs is 1. The lowest BCUT2D eigenvalue weighted by atomic mass is 9.98. The highest BCUT2D eigenvalue weighted by Crippen LogP contribution is 2.30. The van der Waals surface area contributed by atoms with E-state index in [0.29, 0.717) is 19.3 Å². The predicted octanol–water partition coefficient (Wildman–Crippen LogP) is 1.56. The van der Waals surface area contributed by atoms with E-state index in [1.54, 1.807) is 7.11 Å². The van der Waals surface area contributed by atoms with Gasteiger partial charge in [-0.1, -0.05) is 0 Å². The van der Waals surface area contributed by atoms with E-state index < -0.39 is 0 Å². The summed E-state index contributed by atoms with van der Waals surface area (Å²) in [4.78, 5) is 0. The zero-order valence-electron chi connectivity index (χ0n) is 12.6. The molecule has 21 heavy (non-hydrogen) atoms. The van der Waals surface area contributed by atoms with Crippen molar-refractivity contribution in [2.24, 2.45) is 0 Å². The van der Waals surface area contributed by atoms with Gasteiger partial charge in [-0.15, -0.1) is 0 Å². The zero-order valence-corrected chi connectivity index (χ0v) is 12.6. The Hall–Kier alpha value is -1.30. The summed E-state index contributed by atoms with van der Waals surface area (Å²) in [5.41, 5.74) is 3.93. The first-order valence-corrected chi connectivity index (χ1v) is 7.69. The number of hydrogen-bond donors (Lipinski definition) is 2. The molecular formula is C16H24N2O3. The van der Waals surface area contributed by atoms with Crippen LogP contribution in [-0.2, 0) is 22.4 Å². The van der Waals surface area contributed by atoms with E-state index in [4.69, 9.17) is 14.2 Å². The lowest BCUT2D eigenvalue weighted by Gasteiger charge is -2.24. The van der Waals surface area contributed by atoms with E-state index in [0.717, 1.165) is 44.9 Å². The minimum Gasteiger partial charge on any atom is -0.491 e. The number of nitrogens with one attached hydrogen (secondary N) is 2. The van der Waals surface area contributed by atoms with Gasteiger partial charge in [0.2, 0.25) is 0 Å². The fourth-order valence-corrected chi connectivity index (χ4v) is 2.89. The van der Waals surface area contributed by atoms with Crippen molar-refractivity contribution < 1.29 is 14.2 Å². The summed E-state index contributed by atoms with van der Waals surface area (Å²) >= 11 is 0. The van der Waals surface area contributed by atoms with Gasteiger partial charge in [0, 0.05) is 32.0 Å². The van der Waals surface area contributed by atoms with Crippen molar-refractivity contribution >= 4 is 5.69 Å². The molecule has 1 saturated heterocycles. The molecule has 0 aliphatic carbocycles. The number of methoxy groups -OCH3 is 1. The summed E-state index contributed by atoms with van der Waals surface area (Å²) < 4.78 is 16.3. The van der Waals surface area contributed by atoms with Crippen molar-refractivity contribution in [1.29, 1.82) is 0 Å². The van der Waals surface area contributed by atoms with Gasteiger partial charge >= 0.3 is 0 Å². The van der Waals surface area contributed by atoms with E-state index in [1.165, 1.54) is 16.8 Å². The Morgan fingerprint density at radius 1 is 1.38 bits per heavy atom. The van der Waals surface area contributed by atoms with Gasteiger partial charge in [-0.25, -0.2) is 0 Å². The fraction of sp³-hybridized carbons (Fsp3) is 0.625. The number of rotatable bonds is 6. The molecule has 1 aromatic carbocycles. The third kappa shape index (κ3) is 3.67. The van der Waals surface area contributed by atoms with E-state index >= 15 is 0 Å². The minimum atomic E-state index is 0.408. The smallest absolute Gasteiger partial charge is 0.121 e. The zero-order chi connectivity index (χ0) is 14.5. The molecule has 2 heterocycles. The predicted molar refractivity (Wildman–Crippen MR) is 82.1 cm³/mol. The molecule has 5 heteroatoms. The normalized spacial score (nSPS) is 21.1. The number of anilines is 1. The highest BCUT2D eigenvalue weighted by atomic mass is 16.5. The molecule has 0 bridgehead atoms. The maximum Gasteiger partial charge on any atom is 0.121 e. The molecule has 0 saturated carbocycles. The Bertz CT molecular complexity index is 473. The van der Waals surface area contributed by atoms with Crippen LogP contribution >= 0.6 is 0 Å². The third-order valence-corrected chi connectivity index (χ3v) is 4.03. The molecule has 0 spiro atoms. The summed E-state index contributed by atoms with van der Waals surface area (Å²) in [5, 5.41) is 7.07. The molecule has 0 aromatic heterocycles. The Kier molecular flexibility index (Phi) is 4.95. The molecule has 5 nitrogen and oxygen atoms in total. The van der Waals surface area contributed by atoms with Crippen molar-refractivity contribution in [3.8, 4) is 5.75 Å². The van der Waals surface area contributed by atoms with Gasteiger partial charge in [0.05, 0.1) is 19.3 Å². The summed E-state index contributed by atoms with van der Waals surface area (Å²) in [7, 11) is 1.69. The monoisotopic (exact) mass is 292 g/mol. The van der Waals surface area contributed by atoms with Crippen molar-refractivity contribution in [3.05, 3.63) is 23.3 Å². The molecule has 0 amide bonds. The van der Waals surface area contributed by atoms with Crippen LogP contribution in [0, 0.1) is 0 Å². The molecule has 3 rings (SSSR count). The first kappa shape index (κ1) is 14.6. The number of hydrogen-bond acceptors (Lipinski definition) is 5. The molecule has 1 atom stereocenters. The van der Waals surface area contributed by atoms with Crippen molar-refractivity contribution in [2.45, 2.75) is 25.4 Å². The van der Waals surface area contributed by atoms with Crippen molar-refractivity contribution in [2.75, 3.05) is 45.4 Å². The van der Waals surface area contributed by atoms with Crippen molar-refractivity contribution in [3.63, 3.8) is 0 Å². The SMILES string of the molecule is COCCOc1cc2c(c(N[C@H]3CCOC3)c1)CNCC2. The lowest BCUT2D eigenvalue weighted by molar-refractivity contribution is 0.146. The van der Waals surface area contributed by atoms with E-state index in [-0.39, 0.29) is 0 Å². The van der Waals surface area contributed by atoms with Crippen LogP contribution in [0.25, 0.3) is 0 Å². The molecule has 2 N–H and O–H groups in total. The standard InChI is InChI=1S/C16H24N2O3/c1-19-6-7-21-14-8-12-2-4-17-10-15(12)16(9-14)18-13-3-5-20-11-13/h8-9,13,17-18H,2-7,10-11H2,1H3/t13-/m0/s1. The first-order chi connectivity index (χ1) is 10.4. The second-order valence-corrected chi connectivity index (χ2v) is 5.58. The summed E-state index contributed by atoms with van der Waals surface area (Å²) in [5.74, 6) is 0.925. The molecule has 2 aliphatic heterocycles. The molecule has 2 aliphatic rings. The Labute approximate surface area is 126 Å². The Morgan fingerprint density at radius 3 is 3.14 bits per heavy atom. The first-order valence-electron chi connectivity index (χ1n) is 7.69. The van der Waals surface area contributed by atoms with E-state index in [9.17, 15) is 0 Å². The average Bonchev–Trinajstić information content (AvgIpc) is 3.01. The molecule has 0 unspecified atom stereocenters. The summed E-state index contributed by atoms with van der Waals surface area (Å²) in [6.45, 7) is 4.78. The fourth-order valence-electron chi connectivity index (χ4n) is 2.89. The third-order valence-electron chi connectivity index (χ3n) is 4.03. The van der Waals surface area contributed by atoms with Crippen LogP contribution in [0.1, 0.15) is 17.5 Å². The molecular weight excluding hydrogens is 268 g/mol. The maximum absolute atomic E-state index is 5.80. The number of ether oxygens (including phenoxy) is 3. The maximum atomic E-state index is 5.80. The van der Waals surface area contributed by atoms with Crippen LogP contribution in [0.4, 0.5) is 5.69 Å². The second-order valence-electron chi connectivity index (χ2n) is 5.58. The average molecular weight is 292 g/mol. The van der Waals surface area contributed by atoms with E-state index in [1.807, 2.05) is 0 Å². The van der Waals surface area contributed by atoms with Crippen LogP contribution in [0.15, 0.2) is 12.1 Å². The highest BCUT2D eigenvalue weighted by molar-refractivity contribution is 5.60. The Morgan fingerprint density at radius 2 is 2.33 bits per heavy atom. The van der Waals surface area contributed by atoms with Crippen LogP contribution in [-0.4, -0.2) is 46.1 Å². The van der Waals surface area contributed by atoms with Crippen LogP contribution in [0.2, 0.25) is 0 Å². The van der Waals surface area contributed by atoms with Crippen LogP contribution in [0.3, 0.4) is 0 Å². The van der Waals surface area contributed by atoms with Crippen LogP contribution in [0.5, 0.6) is 5.75 Å². The van der Waals surface area contributed by atoms with Gasteiger partial charge in [0.1, 0.15) is 12.4 Å². The molecule has 1 aromatic rings. The topological polar surface area (TPSA) is 51.8 Å². The quantitative estimate of drug-likeness (QED) is 0.779. The lowest BCUT2D eigenvalue weighted by Crippen LogP contribution is -2.27. The van der Waals surface area contributed by atoms with E-state index in [2.05, 4.69) is 22.8 Å². The van der Waals surface area contributed by atoms with Crippen LogP contribution < -0.4 is 15.4 Å². The second kappa shape index (κ2) is 7.11. The van der Waals surface area contributed by atoms with Gasteiger partial charge in [0.25, 0.3) is 0 Å². The van der Waals surface area contributed by atoms with Gasteiger partial charge in [-0.3, -0.25) is 0 Å². The molecule has 1 fully saturated rings. The van der Waals surface area contributed by atoms with Crippen molar-refractivity contribution in [1.82, 2.24) is 5.32 Å². The largest absolute Gasteiger partial charge is 0.491 e. The van der Waals surface area contributed by atoms with Gasteiger partial charge in [-0.05, 0) is 36.6 Å². The summed E-state index contributed by atoms with van der Waals surface area (Å²) in [6.07, 6.45) is 2.11. The van der Waals surface area contributed by atoms with Gasteiger partial charge < -0.3 is 24.8 Å². The molecule has 116 valence electrons. The Balaban J connectivity index is 1.78. The number of benzene rings is 1. The summed E-state index contributed by atoms with van der Waals surface area (Å²) in [6, 6.07) is 4.69. The highest BCUT2D eigenvalue weighted by Gasteiger charge is 2.20. The van der Waals surface area contributed by atoms with Gasteiger partial charge in [0.15, 0.2) is 0 Å².